The number of benzene rings is 1. The second-order valence-electron chi connectivity index (χ2n) is 3.88. The predicted molar refractivity (Wildman–Crippen MR) is 62.8 cm³/mol. The normalized spacial score (nSPS) is 11.8. The highest BCUT2D eigenvalue weighted by molar-refractivity contribution is 5.68. The van der Waals surface area contributed by atoms with Crippen molar-refractivity contribution in [2.45, 2.75) is 19.6 Å². The summed E-state index contributed by atoms with van der Waals surface area (Å²) in [6.45, 7) is 2.63. The fourth-order valence-corrected chi connectivity index (χ4v) is 1.69. The van der Waals surface area contributed by atoms with Gasteiger partial charge in [0.1, 0.15) is 0 Å². The van der Waals surface area contributed by atoms with Crippen molar-refractivity contribution in [1.29, 1.82) is 0 Å². The summed E-state index contributed by atoms with van der Waals surface area (Å²) < 4.78 is 39.3. The zero-order chi connectivity index (χ0) is 13.3. The second-order valence-corrected chi connectivity index (χ2v) is 3.88. The van der Waals surface area contributed by atoms with Crippen molar-refractivity contribution in [1.82, 2.24) is 9.78 Å². The summed E-state index contributed by atoms with van der Waals surface area (Å²) in [5.74, 6) is 0. The van der Waals surface area contributed by atoms with E-state index < -0.39 is 11.7 Å². The number of rotatable bonds is 2. The lowest BCUT2D eigenvalue weighted by molar-refractivity contribution is -0.136. The highest BCUT2D eigenvalue weighted by Gasteiger charge is 2.32. The zero-order valence-corrected chi connectivity index (χ0v) is 9.70. The Bertz CT molecular complexity index is 558. The molecule has 0 aliphatic carbocycles. The topological polar surface area (TPSA) is 43.8 Å². The lowest BCUT2D eigenvalue weighted by Crippen LogP contribution is -2.08. The third kappa shape index (κ3) is 2.32. The van der Waals surface area contributed by atoms with Gasteiger partial charge >= 0.3 is 6.18 Å². The molecule has 0 bridgehead atoms. The standard InChI is InChI=1S/C12H12F3N3/c1-2-18-7-9(6-17-18)8-3-4-10(11(16)5-8)12(13,14)15/h3-7H,2,16H2,1H3. The van der Waals surface area contributed by atoms with E-state index in [1.54, 1.807) is 17.1 Å². The SMILES string of the molecule is CCn1cc(-c2ccc(C(F)(F)F)c(N)c2)cn1. The van der Waals surface area contributed by atoms with Crippen LogP contribution in [0.4, 0.5) is 18.9 Å². The molecule has 1 aromatic carbocycles. The van der Waals surface area contributed by atoms with Crippen LogP contribution in [-0.2, 0) is 12.7 Å². The molecular weight excluding hydrogens is 243 g/mol. The van der Waals surface area contributed by atoms with Crippen LogP contribution in [0.5, 0.6) is 0 Å². The summed E-state index contributed by atoms with van der Waals surface area (Å²) in [6, 6.07) is 3.71. The fourth-order valence-electron chi connectivity index (χ4n) is 1.69. The maximum Gasteiger partial charge on any atom is 0.418 e. The molecule has 1 aromatic heterocycles. The fraction of sp³-hybridized carbons (Fsp3) is 0.250. The van der Waals surface area contributed by atoms with Crippen LogP contribution in [-0.4, -0.2) is 9.78 Å². The molecule has 1 heterocycles. The van der Waals surface area contributed by atoms with Crippen molar-refractivity contribution in [3.8, 4) is 11.1 Å². The molecule has 0 fully saturated rings. The Morgan fingerprint density at radius 1 is 1.28 bits per heavy atom. The van der Waals surface area contributed by atoms with Crippen LogP contribution in [0, 0.1) is 0 Å². The highest BCUT2D eigenvalue weighted by atomic mass is 19.4. The van der Waals surface area contributed by atoms with Crippen LogP contribution in [0.15, 0.2) is 30.6 Å². The minimum atomic E-state index is -4.42. The van der Waals surface area contributed by atoms with E-state index in [1.165, 1.54) is 12.1 Å². The van der Waals surface area contributed by atoms with E-state index in [-0.39, 0.29) is 5.69 Å². The molecule has 0 radical (unpaired) electrons. The molecule has 0 amide bonds. The van der Waals surface area contributed by atoms with E-state index in [4.69, 9.17) is 5.73 Å². The highest BCUT2D eigenvalue weighted by Crippen LogP contribution is 2.35. The monoisotopic (exact) mass is 255 g/mol. The van der Waals surface area contributed by atoms with Crippen LogP contribution >= 0.6 is 0 Å². The van der Waals surface area contributed by atoms with Crippen molar-refractivity contribution in [2.24, 2.45) is 0 Å². The van der Waals surface area contributed by atoms with Gasteiger partial charge in [-0.3, -0.25) is 4.68 Å². The van der Waals surface area contributed by atoms with Gasteiger partial charge in [-0.05, 0) is 24.6 Å². The Balaban J connectivity index is 2.40. The molecule has 3 nitrogen and oxygen atoms in total. The van der Waals surface area contributed by atoms with Crippen LogP contribution in [0.25, 0.3) is 11.1 Å². The number of nitrogens with zero attached hydrogens (tertiary/aromatic N) is 2. The molecule has 0 aliphatic rings. The molecule has 0 unspecified atom stereocenters. The summed E-state index contributed by atoms with van der Waals surface area (Å²) in [7, 11) is 0. The first kappa shape index (κ1) is 12.5. The number of hydrogen-bond acceptors (Lipinski definition) is 2. The molecule has 6 heteroatoms. The molecule has 2 aromatic rings. The van der Waals surface area contributed by atoms with E-state index in [2.05, 4.69) is 5.10 Å². The van der Waals surface area contributed by atoms with Gasteiger partial charge in [0.05, 0.1) is 11.8 Å². The van der Waals surface area contributed by atoms with Crippen molar-refractivity contribution < 1.29 is 13.2 Å². The Morgan fingerprint density at radius 2 is 2.00 bits per heavy atom. The molecule has 18 heavy (non-hydrogen) atoms. The smallest absolute Gasteiger partial charge is 0.398 e. The molecule has 0 spiro atoms. The van der Waals surface area contributed by atoms with E-state index in [0.29, 0.717) is 12.1 Å². The molecule has 2 rings (SSSR count). The van der Waals surface area contributed by atoms with Crippen LogP contribution < -0.4 is 5.73 Å². The first-order valence-electron chi connectivity index (χ1n) is 5.41. The van der Waals surface area contributed by atoms with E-state index in [0.717, 1.165) is 11.6 Å². The van der Waals surface area contributed by atoms with Crippen molar-refractivity contribution in [3.63, 3.8) is 0 Å². The van der Waals surface area contributed by atoms with Crippen LogP contribution in [0.1, 0.15) is 12.5 Å². The Morgan fingerprint density at radius 3 is 2.50 bits per heavy atom. The number of halogens is 3. The number of aryl methyl sites for hydroxylation is 1. The van der Waals surface area contributed by atoms with Gasteiger partial charge in [-0.1, -0.05) is 6.07 Å². The van der Waals surface area contributed by atoms with Gasteiger partial charge in [-0.25, -0.2) is 0 Å². The molecular formula is C12H12F3N3. The Labute approximate surface area is 102 Å². The molecule has 2 N–H and O–H groups in total. The van der Waals surface area contributed by atoms with Gasteiger partial charge in [-0.2, -0.15) is 18.3 Å². The summed E-state index contributed by atoms with van der Waals surface area (Å²) in [5, 5.41) is 4.07. The van der Waals surface area contributed by atoms with Crippen molar-refractivity contribution in [2.75, 3.05) is 5.73 Å². The van der Waals surface area contributed by atoms with E-state index in [1.807, 2.05) is 6.92 Å². The maximum absolute atomic E-state index is 12.5. The van der Waals surface area contributed by atoms with Crippen molar-refractivity contribution >= 4 is 5.69 Å². The minimum Gasteiger partial charge on any atom is -0.398 e. The van der Waals surface area contributed by atoms with Crippen LogP contribution in [0.2, 0.25) is 0 Å². The van der Waals surface area contributed by atoms with Gasteiger partial charge in [0, 0.05) is 24.0 Å². The third-order valence-corrected chi connectivity index (χ3v) is 2.65. The van der Waals surface area contributed by atoms with E-state index >= 15 is 0 Å². The maximum atomic E-state index is 12.5. The van der Waals surface area contributed by atoms with Gasteiger partial charge in [0.25, 0.3) is 0 Å². The average molecular weight is 255 g/mol. The second kappa shape index (κ2) is 4.36. The summed E-state index contributed by atoms with van der Waals surface area (Å²) in [4.78, 5) is 0. The van der Waals surface area contributed by atoms with Gasteiger partial charge < -0.3 is 5.73 Å². The summed E-state index contributed by atoms with van der Waals surface area (Å²) >= 11 is 0. The van der Waals surface area contributed by atoms with Gasteiger partial charge in [-0.15, -0.1) is 0 Å². The zero-order valence-electron chi connectivity index (χ0n) is 9.70. The first-order valence-corrected chi connectivity index (χ1v) is 5.41. The van der Waals surface area contributed by atoms with Crippen LogP contribution in [0.3, 0.4) is 0 Å². The average Bonchev–Trinajstić information content (AvgIpc) is 2.75. The third-order valence-electron chi connectivity index (χ3n) is 2.65. The largest absolute Gasteiger partial charge is 0.418 e. The lowest BCUT2D eigenvalue weighted by atomic mass is 10.1. The number of nitrogen functional groups attached to an aromatic ring is 1. The number of hydrogen-bond donors (Lipinski definition) is 1. The minimum absolute atomic E-state index is 0.274. The molecule has 96 valence electrons. The van der Waals surface area contributed by atoms with E-state index in [9.17, 15) is 13.2 Å². The number of alkyl halides is 3. The number of anilines is 1. The van der Waals surface area contributed by atoms with Crippen molar-refractivity contribution in [3.05, 3.63) is 36.2 Å². The molecule has 0 atom stereocenters. The lowest BCUT2D eigenvalue weighted by Gasteiger charge is -2.10. The van der Waals surface area contributed by atoms with Gasteiger partial charge in [0.2, 0.25) is 0 Å². The molecule has 0 saturated carbocycles. The molecule has 0 aliphatic heterocycles. The first-order chi connectivity index (χ1) is 8.41. The Kier molecular flexibility index (Phi) is 3.02. The van der Waals surface area contributed by atoms with Gasteiger partial charge in [0.15, 0.2) is 0 Å². The quantitative estimate of drug-likeness (QED) is 0.837. The summed E-state index contributed by atoms with van der Waals surface area (Å²) in [5.41, 5.74) is 5.72. The summed E-state index contributed by atoms with van der Waals surface area (Å²) in [6.07, 6.45) is -1.05. The Hall–Kier alpha value is -1.98. The predicted octanol–water partition coefficient (Wildman–Crippen LogP) is 3.17. The molecule has 0 saturated heterocycles. The number of aromatic nitrogens is 2. The number of nitrogens with two attached hydrogens (primary N) is 1.